The summed E-state index contributed by atoms with van der Waals surface area (Å²) in [6.45, 7) is 1.76. The Balaban J connectivity index is 0.000000616. The monoisotopic (exact) mass is 669 g/mol. The number of rotatable bonds is 5. The number of hydrogen-bond acceptors (Lipinski definition) is 5. The average Bonchev–Trinajstić information content (AvgIpc) is 3.24. The number of carbonyl (C=O) groups excluding carboxylic acids is 1. The largest absolute Gasteiger partial charge is 0.493 e. The van der Waals surface area contributed by atoms with Crippen molar-refractivity contribution in [3.63, 3.8) is 0 Å². The van der Waals surface area contributed by atoms with Crippen molar-refractivity contribution < 1.29 is 50.5 Å². The Bertz CT molecular complexity index is 1290. The van der Waals surface area contributed by atoms with Gasteiger partial charge in [-0.05, 0) is 68.1 Å². The Labute approximate surface area is 246 Å². The van der Waals surface area contributed by atoms with E-state index in [4.69, 9.17) is 19.4 Å². The van der Waals surface area contributed by atoms with E-state index in [1.54, 1.807) is 14.2 Å². The van der Waals surface area contributed by atoms with Crippen molar-refractivity contribution >= 4 is 33.6 Å². The van der Waals surface area contributed by atoms with E-state index >= 15 is 0 Å². The molecular formula is C27H30BrF6N3O5. The van der Waals surface area contributed by atoms with Gasteiger partial charge in [0.15, 0.2) is 11.5 Å². The number of anilines is 1. The highest BCUT2D eigenvalue weighted by Crippen LogP contribution is 2.49. The number of likely N-dealkylation sites (N-methyl/N-ethyl adjacent to an activating group) is 1. The topological polar surface area (TPSA) is 100 Å². The van der Waals surface area contributed by atoms with Crippen LogP contribution in [0.15, 0.2) is 40.9 Å². The van der Waals surface area contributed by atoms with Crippen LogP contribution < -0.4 is 20.1 Å². The van der Waals surface area contributed by atoms with Crippen LogP contribution in [0.5, 0.6) is 11.5 Å². The van der Waals surface area contributed by atoms with E-state index in [-0.39, 0.29) is 23.1 Å². The second-order valence-electron chi connectivity index (χ2n) is 10.2. The van der Waals surface area contributed by atoms with Gasteiger partial charge in [0.25, 0.3) is 0 Å². The second-order valence-corrected chi connectivity index (χ2v) is 11.1. The molecule has 2 amide bonds. The number of carboxylic acid groups (broad SMARTS) is 1. The Morgan fingerprint density at radius 1 is 1.05 bits per heavy atom. The lowest BCUT2D eigenvalue weighted by Gasteiger charge is -2.42. The first kappa shape index (κ1) is 33.3. The fourth-order valence-electron chi connectivity index (χ4n) is 5.65. The molecule has 0 aromatic heterocycles. The maximum atomic E-state index is 13.4. The molecule has 1 aliphatic carbocycles. The highest BCUT2D eigenvalue weighted by atomic mass is 79.9. The summed E-state index contributed by atoms with van der Waals surface area (Å²) >= 11 is 3.06. The maximum absolute atomic E-state index is 13.4. The summed E-state index contributed by atoms with van der Waals surface area (Å²) in [4.78, 5) is 23.9. The number of hydrogen-bond donors (Lipinski definition) is 3. The van der Waals surface area contributed by atoms with Crippen LogP contribution in [-0.2, 0) is 16.4 Å². The van der Waals surface area contributed by atoms with Gasteiger partial charge in [0, 0.05) is 29.0 Å². The van der Waals surface area contributed by atoms with Gasteiger partial charge >= 0.3 is 24.4 Å². The number of likely N-dealkylation sites (tertiary alicyclic amines) is 1. The normalized spacial score (nSPS) is 22.3. The first-order valence-electron chi connectivity index (χ1n) is 12.7. The van der Waals surface area contributed by atoms with Crippen molar-refractivity contribution in [1.29, 1.82) is 0 Å². The zero-order valence-electron chi connectivity index (χ0n) is 22.8. The van der Waals surface area contributed by atoms with Crippen molar-refractivity contribution in [1.82, 2.24) is 10.2 Å². The molecule has 15 heteroatoms. The van der Waals surface area contributed by atoms with Crippen LogP contribution in [0.4, 0.5) is 36.8 Å². The van der Waals surface area contributed by atoms with Crippen LogP contribution in [0.2, 0.25) is 0 Å². The summed E-state index contributed by atoms with van der Waals surface area (Å²) in [7, 11) is 5.31. The van der Waals surface area contributed by atoms with E-state index in [2.05, 4.69) is 44.6 Å². The van der Waals surface area contributed by atoms with Gasteiger partial charge in [-0.2, -0.15) is 26.3 Å². The number of methoxy groups -OCH3 is 2. The van der Waals surface area contributed by atoms with E-state index in [0.29, 0.717) is 16.0 Å². The number of urea groups is 1. The molecule has 2 aromatic carbocycles. The van der Waals surface area contributed by atoms with E-state index in [0.717, 1.165) is 38.4 Å². The third-order valence-electron chi connectivity index (χ3n) is 7.44. The van der Waals surface area contributed by atoms with E-state index < -0.39 is 29.9 Å². The summed E-state index contributed by atoms with van der Waals surface area (Å²) in [5.74, 6) is -1.12. The van der Waals surface area contributed by atoms with Crippen LogP contribution in [0.3, 0.4) is 0 Å². The van der Waals surface area contributed by atoms with Crippen LogP contribution >= 0.6 is 15.9 Å². The molecule has 1 saturated heterocycles. The smallest absolute Gasteiger partial charge is 0.490 e. The van der Waals surface area contributed by atoms with Gasteiger partial charge in [0.05, 0.1) is 25.5 Å². The molecule has 3 N–H and O–H groups in total. The van der Waals surface area contributed by atoms with Gasteiger partial charge in [-0.15, -0.1) is 0 Å². The quantitative estimate of drug-likeness (QED) is 0.324. The number of nitrogens with one attached hydrogen (secondary N) is 2. The van der Waals surface area contributed by atoms with E-state index in [1.807, 2.05) is 12.1 Å². The lowest BCUT2D eigenvalue weighted by atomic mass is 9.63. The highest BCUT2D eigenvalue weighted by Gasteiger charge is 2.50. The predicted molar refractivity (Wildman–Crippen MR) is 145 cm³/mol. The van der Waals surface area contributed by atoms with Gasteiger partial charge in [-0.1, -0.05) is 22.0 Å². The second kappa shape index (κ2) is 13.0. The zero-order valence-corrected chi connectivity index (χ0v) is 24.4. The molecule has 0 spiro atoms. The molecule has 2 aliphatic rings. The van der Waals surface area contributed by atoms with Crippen molar-refractivity contribution in [3.8, 4) is 11.5 Å². The van der Waals surface area contributed by atoms with Crippen molar-refractivity contribution in [2.45, 2.75) is 43.1 Å². The average molecular weight is 670 g/mol. The van der Waals surface area contributed by atoms with Crippen LogP contribution in [0.25, 0.3) is 0 Å². The molecule has 1 saturated carbocycles. The first-order chi connectivity index (χ1) is 19.5. The van der Waals surface area contributed by atoms with Gasteiger partial charge in [-0.3, -0.25) is 0 Å². The lowest BCUT2D eigenvalue weighted by Crippen LogP contribution is -2.48. The summed E-state index contributed by atoms with van der Waals surface area (Å²) in [5.41, 5.74) is -0.0695. The molecule has 0 unspecified atom stereocenters. The number of aliphatic carboxylic acids is 1. The van der Waals surface area contributed by atoms with Gasteiger partial charge in [-0.25, -0.2) is 9.59 Å². The Hall–Kier alpha value is -3.20. The van der Waals surface area contributed by atoms with Crippen molar-refractivity contribution in [2.24, 2.45) is 5.92 Å². The molecule has 8 nitrogen and oxygen atoms in total. The SMILES string of the molecule is COc1ccc([C@@]23CC[C@@H](NC(=O)Nc4ccc(Br)cc4C(F)(F)F)C[C@@H]2CN(C)C3)cc1OC.O=C(O)C(F)(F)F. The number of nitrogens with zero attached hydrogens (tertiary/aromatic N) is 1. The van der Waals surface area contributed by atoms with Gasteiger partial charge in [0.1, 0.15) is 0 Å². The minimum absolute atomic E-state index is 0.0852. The fourth-order valence-corrected chi connectivity index (χ4v) is 6.02. The van der Waals surface area contributed by atoms with Crippen molar-refractivity contribution in [3.05, 3.63) is 52.0 Å². The third kappa shape index (κ3) is 7.79. The molecule has 1 aliphatic heterocycles. The molecule has 0 bridgehead atoms. The lowest BCUT2D eigenvalue weighted by molar-refractivity contribution is -0.192. The molecule has 2 fully saturated rings. The number of halogens is 7. The number of carbonyl (C=O) groups is 2. The Morgan fingerprint density at radius 2 is 1.69 bits per heavy atom. The van der Waals surface area contributed by atoms with Crippen LogP contribution in [-0.4, -0.2) is 68.6 Å². The molecule has 3 atom stereocenters. The number of fused-ring (bicyclic) bond motifs is 1. The molecule has 42 heavy (non-hydrogen) atoms. The minimum Gasteiger partial charge on any atom is -0.493 e. The first-order valence-corrected chi connectivity index (χ1v) is 13.4. The third-order valence-corrected chi connectivity index (χ3v) is 7.94. The summed E-state index contributed by atoms with van der Waals surface area (Å²) in [5, 5.41) is 12.4. The maximum Gasteiger partial charge on any atom is 0.490 e. The predicted octanol–water partition coefficient (Wildman–Crippen LogP) is 6.29. The Kier molecular flexibility index (Phi) is 10.3. The molecule has 1 heterocycles. The fraction of sp³-hybridized carbons (Fsp3) is 0.481. The molecule has 232 valence electrons. The van der Waals surface area contributed by atoms with Gasteiger partial charge in [0.2, 0.25) is 0 Å². The molecule has 2 aromatic rings. The number of benzene rings is 2. The zero-order chi connectivity index (χ0) is 31.5. The number of alkyl halides is 6. The molecule has 4 rings (SSSR count). The standard InChI is InChI=1S/C25H29BrF3N3O3.C2HF3O2/c1-32-13-16-10-18(30-23(33)31-20-6-5-17(26)12-19(20)25(27,28)29)8-9-24(16,14-32)15-4-7-21(34-2)22(11-15)35-3;3-2(4,5)1(6)7/h4-7,11-12,16,18H,8-10,13-14H2,1-3H3,(H2,30,31,33);(H,6,7)/t16-,18-,24+;/m1./s1. The number of ether oxygens (including phenoxy) is 2. The van der Waals surface area contributed by atoms with Crippen LogP contribution in [0.1, 0.15) is 30.4 Å². The van der Waals surface area contributed by atoms with E-state index in [9.17, 15) is 31.1 Å². The highest BCUT2D eigenvalue weighted by molar-refractivity contribution is 9.10. The van der Waals surface area contributed by atoms with Crippen molar-refractivity contribution in [2.75, 3.05) is 39.7 Å². The Morgan fingerprint density at radius 3 is 2.26 bits per heavy atom. The number of carboxylic acids is 1. The van der Waals surface area contributed by atoms with Crippen LogP contribution in [0, 0.1) is 5.92 Å². The summed E-state index contributed by atoms with van der Waals surface area (Å²) in [6, 6.07) is 8.96. The summed E-state index contributed by atoms with van der Waals surface area (Å²) in [6.07, 6.45) is -7.36. The number of amides is 2. The molecule has 0 radical (unpaired) electrons. The molecular weight excluding hydrogens is 640 g/mol. The summed E-state index contributed by atoms with van der Waals surface area (Å²) < 4.78 is 83.2. The van der Waals surface area contributed by atoms with E-state index in [1.165, 1.54) is 17.7 Å². The minimum atomic E-state index is -5.08. The van der Waals surface area contributed by atoms with Gasteiger partial charge < -0.3 is 30.1 Å².